The number of halogens is 3. The van der Waals surface area contributed by atoms with E-state index in [1.807, 2.05) is 0 Å². The Balaban J connectivity index is 2.12. The van der Waals surface area contributed by atoms with Gasteiger partial charge in [0.05, 0.1) is 10.5 Å². The van der Waals surface area contributed by atoms with Crippen molar-refractivity contribution >= 4 is 21.6 Å². The maximum absolute atomic E-state index is 12.8. The number of anilines is 1. The van der Waals surface area contributed by atoms with Crippen LogP contribution in [-0.4, -0.2) is 38.3 Å². The monoisotopic (exact) mass is 444 g/mol. The number of amides is 1. The lowest BCUT2D eigenvalue weighted by Crippen LogP contribution is -2.30. The Morgan fingerprint density at radius 2 is 1.77 bits per heavy atom. The zero-order valence-electron chi connectivity index (χ0n) is 16.8. The molecule has 1 N–H and O–H groups in total. The predicted octanol–water partition coefficient (Wildman–Crippen LogP) is 4.06. The SMILES string of the molecule is CCN(CC)S(=O)(=O)c1ccc(C)c(NC(=O)COc2cccc(C(F)(F)F)c2)c1. The molecular formula is C20H23F3N2O4S. The summed E-state index contributed by atoms with van der Waals surface area (Å²) in [6.07, 6.45) is -4.52. The molecule has 2 rings (SSSR count). The number of ether oxygens (including phenoxy) is 1. The second-order valence-corrected chi connectivity index (χ2v) is 8.37. The van der Waals surface area contributed by atoms with Gasteiger partial charge in [0.15, 0.2) is 6.61 Å². The molecule has 0 fully saturated rings. The third-order valence-electron chi connectivity index (χ3n) is 4.36. The average molecular weight is 444 g/mol. The number of nitrogens with one attached hydrogen (secondary N) is 1. The molecule has 0 aliphatic heterocycles. The molecule has 6 nitrogen and oxygen atoms in total. The van der Waals surface area contributed by atoms with E-state index in [-0.39, 0.29) is 16.3 Å². The van der Waals surface area contributed by atoms with Crippen molar-refractivity contribution in [1.82, 2.24) is 4.31 Å². The summed E-state index contributed by atoms with van der Waals surface area (Å²) in [5.74, 6) is -0.734. The number of hydrogen-bond donors (Lipinski definition) is 1. The normalized spacial score (nSPS) is 12.1. The summed E-state index contributed by atoms with van der Waals surface area (Å²) in [5.41, 5.74) is 0.0207. The van der Waals surface area contributed by atoms with Gasteiger partial charge in [0.2, 0.25) is 10.0 Å². The van der Waals surface area contributed by atoms with Crippen LogP contribution in [0.25, 0.3) is 0 Å². The Labute approximate surface area is 173 Å². The van der Waals surface area contributed by atoms with E-state index in [2.05, 4.69) is 5.32 Å². The Hall–Kier alpha value is -2.59. The summed E-state index contributed by atoms with van der Waals surface area (Å²) in [4.78, 5) is 12.2. The van der Waals surface area contributed by atoms with Crippen LogP contribution in [-0.2, 0) is 21.0 Å². The van der Waals surface area contributed by atoms with Gasteiger partial charge in [-0.15, -0.1) is 0 Å². The van der Waals surface area contributed by atoms with E-state index in [4.69, 9.17) is 4.74 Å². The molecule has 0 saturated heterocycles. The lowest BCUT2D eigenvalue weighted by Gasteiger charge is -2.19. The molecule has 1 amide bonds. The summed E-state index contributed by atoms with van der Waals surface area (Å²) in [5, 5.41) is 2.54. The van der Waals surface area contributed by atoms with E-state index in [0.717, 1.165) is 12.1 Å². The van der Waals surface area contributed by atoms with Crippen LogP contribution in [0.1, 0.15) is 25.0 Å². The Bertz CT molecular complexity index is 1000. The molecule has 2 aromatic rings. The van der Waals surface area contributed by atoms with E-state index in [1.54, 1.807) is 26.8 Å². The van der Waals surface area contributed by atoms with E-state index < -0.39 is 34.3 Å². The highest BCUT2D eigenvalue weighted by Gasteiger charge is 2.30. The van der Waals surface area contributed by atoms with Crippen molar-refractivity contribution in [3.8, 4) is 5.75 Å². The quantitative estimate of drug-likeness (QED) is 0.666. The molecular weight excluding hydrogens is 421 g/mol. The van der Waals surface area contributed by atoms with Crippen molar-refractivity contribution < 1.29 is 31.1 Å². The molecule has 0 aliphatic carbocycles. The van der Waals surface area contributed by atoms with E-state index in [9.17, 15) is 26.4 Å². The van der Waals surface area contributed by atoms with E-state index in [1.165, 1.54) is 28.6 Å². The molecule has 0 bridgehead atoms. The van der Waals surface area contributed by atoms with Gasteiger partial charge < -0.3 is 10.1 Å². The van der Waals surface area contributed by atoms with Crippen LogP contribution in [0.2, 0.25) is 0 Å². The van der Waals surface area contributed by atoms with Gasteiger partial charge in [-0.2, -0.15) is 17.5 Å². The van der Waals surface area contributed by atoms with Crippen molar-refractivity contribution in [2.24, 2.45) is 0 Å². The van der Waals surface area contributed by atoms with Crippen molar-refractivity contribution in [1.29, 1.82) is 0 Å². The molecule has 10 heteroatoms. The summed E-state index contributed by atoms with van der Waals surface area (Å²) >= 11 is 0. The molecule has 164 valence electrons. The topological polar surface area (TPSA) is 75.7 Å². The molecule has 0 unspecified atom stereocenters. The molecule has 0 saturated carbocycles. The highest BCUT2D eigenvalue weighted by Crippen LogP contribution is 2.31. The fourth-order valence-electron chi connectivity index (χ4n) is 2.71. The van der Waals surface area contributed by atoms with Gasteiger partial charge >= 0.3 is 6.18 Å². The zero-order valence-corrected chi connectivity index (χ0v) is 17.6. The Morgan fingerprint density at radius 1 is 1.10 bits per heavy atom. The molecule has 0 atom stereocenters. The van der Waals surface area contributed by atoms with Crippen molar-refractivity contribution in [3.05, 3.63) is 53.6 Å². The smallest absolute Gasteiger partial charge is 0.416 e. The minimum absolute atomic E-state index is 0.0332. The number of alkyl halides is 3. The number of aryl methyl sites for hydroxylation is 1. The van der Waals surface area contributed by atoms with Gasteiger partial charge in [-0.3, -0.25) is 4.79 Å². The minimum Gasteiger partial charge on any atom is -0.484 e. The van der Waals surface area contributed by atoms with Crippen molar-refractivity contribution in [2.75, 3.05) is 25.0 Å². The second kappa shape index (κ2) is 9.48. The highest BCUT2D eigenvalue weighted by atomic mass is 32.2. The molecule has 0 aliphatic rings. The fourth-order valence-corrected chi connectivity index (χ4v) is 4.19. The number of carbonyl (C=O) groups is 1. The van der Waals surface area contributed by atoms with E-state index >= 15 is 0 Å². The molecule has 2 aromatic carbocycles. The number of benzene rings is 2. The van der Waals surface area contributed by atoms with Gasteiger partial charge in [-0.1, -0.05) is 26.0 Å². The van der Waals surface area contributed by atoms with Crippen molar-refractivity contribution in [2.45, 2.75) is 31.8 Å². The van der Waals surface area contributed by atoms with Crippen LogP contribution in [0, 0.1) is 6.92 Å². The standard InChI is InChI=1S/C20H23F3N2O4S/c1-4-25(5-2)30(27,28)17-10-9-14(3)18(12-17)24-19(26)13-29-16-8-6-7-15(11-16)20(21,22)23/h6-12H,4-5,13H2,1-3H3,(H,24,26). The second-order valence-electron chi connectivity index (χ2n) is 6.43. The molecule has 0 spiro atoms. The van der Waals surface area contributed by atoms with Crippen LogP contribution < -0.4 is 10.1 Å². The first-order valence-corrected chi connectivity index (χ1v) is 10.6. The maximum atomic E-state index is 12.8. The van der Waals surface area contributed by atoms with Gasteiger partial charge in [0, 0.05) is 18.8 Å². The Kier molecular flexibility index (Phi) is 7.49. The molecule has 0 aromatic heterocycles. The van der Waals surface area contributed by atoms with Gasteiger partial charge in [0.1, 0.15) is 5.75 Å². The van der Waals surface area contributed by atoms with Crippen molar-refractivity contribution in [3.63, 3.8) is 0 Å². The summed E-state index contributed by atoms with van der Waals surface area (Å²) < 4.78 is 70.0. The zero-order chi connectivity index (χ0) is 22.5. The fraction of sp³-hybridized carbons (Fsp3) is 0.350. The van der Waals surface area contributed by atoms with Crippen LogP contribution in [0.5, 0.6) is 5.75 Å². The summed E-state index contributed by atoms with van der Waals surface area (Å²) in [6.45, 7) is 5.22. The third-order valence-corrected chi connectivity index (χ3v) is 6.40. The van der Waals surface area contributed by atoms with Crippen LogP contribution in [0.3, 0.4) is 0 Å². The van der Waals surface area contributed by atoms with Gasteiger partial charge in [-0.25, -0.2) is 8.42 Å². The van der Waals surface area contributed by atoms with Gasteiger partial charge in [0.25, 0.3) is 5.91 Å². The highest BCUT2D eigenvalue weighted by molar-refractivity contribution is 7.89. The molecule has 0 heterocycles. The average Bonchev–Trinajstić information content (AvgIpc) is 2.68. The van der Waals surface area contributed by atoms with Crippen LogP contribution in [0.4, 0.5) is 18.9 Å². The number of rotatable bonds is 8. The Morgan fingerprint density at radius 3 is 2.37 bits per heavy atom. The number of hydrogen-bond acceptors (Lipinski definition) is 4. The third kappa shape index (κ3) is 5.73. The van der Waals surface area contributed by atoms with Gasteiger partial charge in [-0.05, 0) is 42.8 Å². The lowest BCUT2D eigenvalue weighted by atomic mass is 10.2. The minimum atomic E-state index is -4.52. The summed E-state index contributed by atoms with van der Waals surface area (Å²) in [7, 11) is -3.71. The van der Waals surface area contributed by atoms with E-state index in [0.29, 0.717) is 18.7 Å². The van der Waals surface area contributed by atoms with Crippen LogP contribution in [0.15, 0.2) is 47.4 Å². The first-order chi connectivity index (χ1) is 14.0. The van der Waals surface area contributed by atoms with Crippen LogP contribution >= 0.6 is 0 Å². The summed E-state index contributed by atoms with van der Waals surface area (Å²) in [6, 6.07) is 8.57. The first kappa shape index (κ1) is 23.7. The largest absolute Gasteiger partial charge is 0.484 e. The number of sulfonamides is 1. The maximum Gasteiger partial charge on any atom is 0.416 e. The predicted molar refractivity (Wildman–Crippen MR) is 107 cm³/mol. The number of carbonyl (C=O) groups excluding carboxylic acids is 1. The lowest BCUT2D eigenvalue weighted by molar-refractivity contribution is -0.137. The molecule has 30 heavy (non-hydrogen) atoms. The molecule has 0 radical (unpaired) electrons. The first-order valence-electron chi connectivity index (χ1n) is 9.19. The number of nitrogens with zero attached hydrogens (tertiary/aromatic N) is 1.